The molecular weight excluding hydrogens is 454 g/mol. The van der Waals surface area contributed by atoms with Crippen LogP contribution in [-0.2, 0) is 21.1 Å². The Morgan fingerprint density at radius 2 is 1.79 bits per heavy atom. The minimum Gasteiger partial charge on any atom is -0.465 e. The van der Waals surface area contributed by atoms with Gasteiger partial charge in [-0.2, -0.15) is 13.2 Å². The van der Waals surface area contributed by atoms with Crippen molar-refractivity contribution in [3.8, 4) is 11.3 Å². The van der Waals surface area contributed by atoms with Crippen LogP contribution in [0.1, 0.15) is 40.0 Å². The fraction of sp³-hybridized carbons (Fsp3) is 0.250. The normalized spacial score (nSPS) is 14.4. The van der Waals surface area contributed by atoms with Crippen LogP contribution in [0.2, 0.25) is 0 Å². The highest BCUT2D eigenvalue weighted by molar-refractivity contribution is 6.03. The lowest BCUT2D eigenvalue weighted by Crippen LogP contribution is -2.29. The first-order chi connectivity index (χ1) is 16.0. The Morgan fingerprint density at radius 1 is 1.06 bits per heavy atom. The van der Waals surface area contributed by atoms with Crippen LogP contribution in [0.4, 0.5) is 23.2 Å². The zero-order valence-electron chi connectivity index (χ0n) is 18.2. The van der Waals surface area contributed by atoms with Crippen LogP contribution >= 0.6 is 0 Å². The highest BCUT2D eigenvalue weighted by Crippen LogP contribution is 2.50. The van der Waals surface area contributed by atoms with E-state index < -0.39 is 34.8 Å². The summed E-state index contributed by atoms with van der Waals surface area (Å²) in [5.74, 6) is -2.33. The number of hydrogen-bond donors (Lipinski definition) is 1. The van der Waals surface area contributed by atoms with Crippen molar-refractivity contribution >= 4 is 17.6 Å². The first-order valence-electron chi connectivity index (χ1n) is 10.3. The second-order valence-electron chi connectivity index (χ2n) is 8.02. The number of aryl methyl sites for hydroxylation is 1. The maximum absolute atomic E-state index is 14.5. The van der Waals surface area contributed by atoms with Crippen molar-refractivity contribution < 1.29 is 31.9 Å². The first kappa shape index (κ1) is 23.3. The van der Waals surface area contributed by atoms with Gasteiger partial charge in [-0.15, -0.1) is 0 Å². The van der Waals surface area contributed by atoms with Gasteiger partial charge in [0, 0.05) is 23.0 Å². The van der Waals surface area contributed by atoms with Gasteiger partial charge >= 0.3 is 12.1 Å². The lowest BCUT2D eigenvalue weighted by atomic mass is 9.93. The summed E-state index contributed by atoms with van der Waals surface area (Å²) in [4.78, 5) is 33.8. The van der Waals surface area contributed by atoms with E-state index in [0.29, 0.717) is 23.0 Å². The second-order valence-corrected chi connectivity index (χ2v) is 8.02. The molecule has 0 unspecified atom stereocenters. The van der Waals surface area contributed by atoms with Gasteiger partial charge in [0.2, 0.25) is 5.91 Å². The molecule has 1 aliphatic rings. The summed E-state index contributed by atoms with van der Waals surface area (Å²) in [5, 5.41) is 2.65. The maximum atomic E-state index is 14.5. The predicted octanol–water partition coefficient (Wildman–Crippen LogP) is 5.07. The summed E-state index contributed by atoms with van der Waals surface area (Å²) in [6.07, 6.45) is -1.08. The molecule has 2 aromatic carbocycles. The molecule has 1 amide bonds. The van der Waals surface area contributed by atoms with Crippen molar-refractivity contribution in [1.82, 2.24) is 9.97 Å². The number of nitrogens with zero attached hydrogens (tertiary/aromatic N) is 2. The van der Waals surface area contributed by atoms with Gasteiger partial charge in [0.15, 0.2) is 0 Å². The Morgan fingerprint density at radius 3 is 2.35 bits per heavy atom. The SMILES string of the molecule is COC(=O)c1cc(NC(=O)C2(c3ccc(C(F)(F)F)cc3F)CC2)ccc1-c1cnc(C)cn1. The van der Waals surface area contributed by atoms with Crippen LogP contribution < -0.4 is 5.32 Å². The Balaban J connectivity index is 1.63. The van der Waals surface area contributed by atoms with E-state index in [9.17, 15) is 27.2 Å². The largest absolute Gasteiger partial charge is 0.465 e. The van der Waals surface area contributed by atoms with Gasteiger partial charge < -0.3 is 10.1 Å². The number of halogens is 4. The van der Waals surface area contributed by atoms with Gasteiger partial charge in [-0.25, -0.2) is 9.18 Å². The molecule has 0 saturated heterocycles. The molecule has 0 atom stereocenters. The third-order valence-corrected chi connectivity index (χ3v) is 5.74. The highest BCUT2D eigenvalue weighted by Gasteiger charge is 2.53. The van der Waals surface area contributed by atoms with E-state index in [2.05, 4.69) is 15.3 Å². The van der Waals surface area contributed by atoms with Gasteiger partial charge in [-0.1, -0.05) is 6.07 Å². The average Bonchev–Trinajstić information content (AvgIpc) is 3.60. The fourth-order valence-corrected chi connectivity index (χ4v) is 3.73. The molecule has 1 N–H and O–H groups in total. The Bertz CT molecular complexity index is 1270. The fourth-order valence-electron chi connectivity index (χ4n) is 3.73. The summed E-state index contributed by atoms with van der Waals surface area (Å²) in [6.45, 7) is 1.77. The molecule has 10 heteroatoms. The number of methoxy groups -OCH3 is 1. The number of carbonyl (C=O) groups is 2. The number of alkyl halides is 3. The zero-order chi connectivity index (χ0) is 24.7. The number of rotatable bonds is 5. The molecule has 176 valence electrons. The third kappa shape index (κ3) is 4.35. The van der Waals surface area contributed by atoms with Crippen LogP contribution in [0.5, 0.6) is 0 Å². The van der Waals surface area contributed by atoms with E-state index in [1.54, 1.807) is 25.3 Å². The Labute approximate surface area is 192 Å². The molecule has 1 aromatic heterocycles. The van der Waals surface area contributed by atoms with Crippen molar-refractivity contribution in [2.45, 2.75) is 31.4 Å². The standard InChI is InChI=1S/C24H19F4N3O3/c1-13-11-30-20(12-29-13)16-5-4-15(10-17(16)21(32)34-2)31-22(33)23(7-8-23)18-6-3-14(9-19(18)25)24(26,27)28/h3-6,9-12H,7-8H2,1-2H3,(H,31,33). The van der Waals surface area contributed by atoms with Crippen LogP contribution in [0.3, 0.4) is 0 Å². The number of amides is 1. The quantitative estimate of drug-likeness (QED) is 0.414. The van der Waals surface area contributed by atoms with Gasteiger partial charge in [0.25, 0.3) is 0 Å². The molecule has 0 aliphatic heterocycles. The van der Waals surface area contributed by atoms with Crippen LogP contribution in [-0.4, -0.2) is 29.0 Å². The number of ether oxygens (including phenoxy) is 1. The molecule has 1 heterocycles. The third-order valence-electron chi connectivity index (χ3n) is 5.74. The van der Waals surface area contributed by atoms with Crippen molar-refractivity contribution in [2.75, 3.05) is 12.4 Å². The van der Waals surface area contributed by atoms with Crippen molar-refractivity contribution in [1.29, 1.82) is 0 Å². The van der Waals surface area contributed by atoms with Crippen LogP contribution in [0.25, 0.3) is 11.3 Å². The molecule has 6 nitrogen and oxygen atoms in total. The molecular formula is C24H19F4N3O3. The molecule has 0 bridgehead atoms. The van der Waals surface area contributed by atoms with E-state index in [-0.39, 0.29) is 29.7 Å². The topological polar surface area (TPSA) is 81.2 Å². The van der Waals surface area contributed by atoms with Gasteiger partial charge in [-0.05, 0) is 50.1 Å². The lowest BCUT2D eigenvalue weighted by molar-refractivity contribution is -0.137. The number of esters is 1. The minimum atomic E-state index is -4.69. The summed E-state index contributed by atoms with van der Waals surface area (Å²) >= 11 is 0. The second kappa shape index (κ2) is 8.51. The molecule has 34 heavy (non-hydrogen) atoms. The van der Waals surface area contributed by atoms with E-state index in [1.165, 1.54) is 19.4 Å². The predicted molar refractivity (Wildman–Crippen MR) is 114 cm³/mol. The van der Waals surface area contributed by atoms with E-state index in [1.807, 2.05) is 0 Å². The average molecular weight is 473 g/mol. The Hall–Kier alpha value is -3.82. The monoisotopic (exact) mass is 473 g/mol. The molecule has 3 aromatic rings. The number of carbonyl (C=O) groups excluding carboxylic acids is 2. The summed E-state index contributed by atoms with van der Waals surface area (Å²) in [6, 6.07) is 6.68. The molecule has 0 radical (unpaired) electrons. The van der Waals surface area contributed by atoms with Crippen LogP contribution in [0.15, 0.2) is 48.8 Å². The maximum Gasteiger partial charge on any atom is 0.416 e. The zero-order valence-corrected chi connectivity index (χ0v) is 18.2. The molecule has 1 fully saturated rings. The number of nitrogens with one attached hydrogen (secondary N) is 1. The van der Waals surface area contributed by atoms with E-state index >= 15 is 0 Å². The van der Waals surface area contributed by atoms with Crippen molar-refractivity contribution in [3.63, 3.8) is 0 Å². The van der Waals surface area contributed by atoms with E-state index in [0.717, 1.165) is 12.1 Å². The van der Waals surface area contributed by atoms with Gasteiger partial charge in [0.1, 0.15) is 5.82 Å². The van der Waals surface area contributed by atoms with Crippen LogP contribution in [0, 0.1) is 12.7 Å². The number of hydrogen-bond acceptors (Lipinski definition) is 5. The van der Waals surface area contributed by atoms with Crippen molar-refractivity contribution in [3.05, 3.63) is 77.0 Å². The molecule has 1 aliphatic carbocycles. The van der Waals surface area contributed by atoms with Crippen molar-refractivity contribution in [2.24, 2.45) is 0 Å². The van der Waals surface area contributed by atoms with E-state index in [4.69, 9.17) is 4.74 Å². The number of anilines is 1. The first-order valence-corrected chi connectivity index (χ1v) is 10.3. The summed E-state index contributed by atoms with van der Waals surface area (Å²) in [5.41, 5.74) is -0.572. The molecule has 4 rings (SSSR count). The smallest absolute Gasteiger partial charge is 0.416 e. The minimum absolute atomic E-state index is 0.0993. The summed E-state index contributed by atoms with van der Waals surface area (Å²) < 4.78 is 58.0. The van der Waals surface area contributed by atoms with Gasteiger partial charge in [0.05, 0.1) is 41.2 Å². The lowest BCUT2D eigenvalue weighted by Gasteiger charge is -2.18. The highest BCUT2D eigenvalue weighted by atomic mass is 19.4. The molecule has 0 spiro atoms. The Kier molecular flexibility index (Phi) is 5.84. The summed E-state index contributed by atoms with van der Waals surface area (Å²) in [7, 11) is 1.21. The number of benzene rings is 2. The van der Waals surface area contributed by atoms with Gasteiger partial charge in [-0.3, -0.25) is 14.8 Å². The molecule has 1 saturated carbocycles. The number of aromatic nitrogens is 2.